The zero-order chi connectivity index (χ0) is 56.4. The maximum Gasteiger partial charge on any atom is 0.474 e. The predicted molar refractivity (Wildman–Crippen MR) is 324 cm³/mol. The van der Waals surface area contributed by atoms with Crippen LogP contribution < -0.4 is 0 Å². The lowest BCUT2D eigenvalue weighted by Gasteiger charge is -2.18. The van der Waals surface area contributed by atoms with Gasteiger partial charge < -0.3 is 14.2 Å². The predicted octanol–water partition coefficient (Wildman–Crippen LogP) is 21.2. The Balaban J connectivity index is 4.15. The zero-order valence-corrected chi connectivity index (χ0v) is 51.7. The number of rotatable bonds is 63. The lowest BCUT2D eigenvalue weighted by atomic mass is 10.0. The number of phosphoric acid groups is 1. The number of hydrogen-bond donors (Lipinski definition) is 0. The summed E-state index contributed by atoms with van der Waals surface area (Å²) in [5.74, 6) is -0.825. The zero-order valence-electron chi connectivity index (χ0n) is 50.8. The molecule has 0 radical (unpaired) electrons. The van der Waals surface area contributed by atoms with Gasteiger partial charge >= 0.3 is 25.7 Å². The maximum atomic E-state index is 13.8. The van der Waals surface area contributed by atoms with Crippen molar-refractivity contribution < 1.29 is 46.7 Å². The van der Waals surface area contributed by atoms with E-state index < -0.39 is 7.82 Å². The van der Waals surface area contributed by atoms with Crippen LogP contribution in [0.25, 0.3) is 0 Å². The van der Waals surface area contributed by atoms with Crippen LogP contribution >= 0.6 is 7.82 Å². The first-order valence-corrected chi connectivity index (χ1v) is 34.0. The van der Waals surface area contributed by atoms with Crippen molar-refractivity contribution in [2.45, 2.75) is 329 Å². The van der Waals surface area contributed by atoms with E-state index in [0.29, 0.717) is 56.4 Å². The molecule has 0 aliphatic rings. The summed E-state index contributed by atoms with van der Waals surface area (Å²) < 4.78 is 47.1. The minimum atomic E-state index is -3.57. The van der Waals surface area contributed by atoms with Crippen LogP contribution in [-0.2, 0) is 46.7 Å². The monoisotopic (exact) mass is 1110 g/mol. The van der Waals surface area contributed by atoms with Gasteiger partial charge in [-0.2, -0.15) is 0 Å². The van der Waals surface area contributed by atoms with Crippen LogP contribution in [0.4, 0.5) is 0 Å². The molecule has 0 spiro atoms. The highest BCUT2D eigenvalue weighted by Gasteiger charge is 2.26. The molecule has 0 aromatic rings. The van der Waals surface area contributed by atoms with Crippen molar-refractivity contribution in [2.24, 2.45) is 0 Å². The van der Waals surface area contributed by atoms with E-state index >= 15 is 0 Å². The van der Waals surface area contributed by atoms with Crippen LogP contribution in [-0.4, -0.2) is 57.5 Å². The molecule has 0 amide bonds. The molecule has 10 nitrogen and oxygen atoms in total. The number of carbonyl (C=O) groups is 3. The summed E-state index contributed by atoms with van der Waals surface area (Å²) in [5, 5.41) is 0. The van der Waals surface area contributed by atoms with Gasteiger partial charge in [-0.25, -0.2) is 18.9 Å². The molecule has 11 heteroatoms. The summed E-state index contributed by atoms with van der Waals surface area (Å²) in [6.07, 6.45) is 58.7. The molecule has 0 aliphatic heterocycles. The highest BCUT2D eigenvalue weighted by atomic mass is 31.2. The Bertz CT molecular complexity index is 1280. The van der Waals surface area contributed by atoms with Crippen LogP contribution in [0, 0.1) is 0 Å². The third kappa shape index (κ3) is 56.8. The quantitative estimate of drug-likeness (QED) is 0.0191. The largest absolute Gasteiger partial charge is 0.474 e. The molecule has 0 unspecified atom stereocenters. The van der Waals surface area contributed by atoms with Gasteiger partial charge in [0.2, 0.25) is 0 Å². The van der Waals surface area contributed by atoms with E-state index in [4.69, 9.17) is 27.8 Å². The van der Waals surface area contributed by atoms with E-state index in [2.05, 4.69) is 19.7 Å². The number of esters is 3. The Morgan fingerprint density at radius 3 is 0.481 bits per heavy atom. The fraction of sp³-hybridized carbons (Fsp3) is 0.864. The van der Waals surface area contributed by atoms with Gasteiger partial charge in [-0.3, -0.25) is 13.6 Å². The lowest BCUT2D eigenvalue weighted by Crippen LogP contribution is -2.05. The van der Waals surface area contributed by atoms with Crippen LogP contribution in [0.3, 0.4) is 0 Å². The normalized spacial score (nSPS) is 11.5. The summed E-state index contributed by atoms with van der Waals surface area (Å²) >= 11 is 0. The van der Waals surface area contributed by atoms with Crippen molar-refractivity contribution in [3.8, 4) is 0 Å². The maximum absolute atomic E-state index is 13.8. The second-order valence-corrected chi connectivity index (χ2v) is 24.3. The van der Waals surface area contributed by atoms with E-state index in [9.17, 15) is 18.9 Å². The third-order valence-corrected chi connectivity index (χ3v) is 16.1. The average Bonchev–Trinajstić information content (AvgIpc) is 3.40. The first-order chi connectivity index (χ1) is 37.5. The molecule has 0 N–H and O–H groups in total. The van der Waals surface area contributed by atoms with Crippen molar-refractivity contribution in [1.82, 2.24) is 0 Å². The van der Waals surface area contributed by atoms with Gasteiger partial charge in [-0.1, -0.05) is 289 Å². The van der Waals surface area contributed by atoms with Crippen LogP contribution in [0.1, 0.15) is 329 Å². The van der Waals surface area contributed by atoms with Crippen LogP contribution in [0.2, 0.25) is 0 Å². The Morgan fingerprint density at radius 2 is 0.351 bits per heavy atom. The molecular formula is C66H123O10P. The first-order valence-electron chi connectivity index (χ1n) is 32.5. The minimum Gasteiger partial charge on any atom is -0.462 e. The topological polar surface area (TPSA) is 124 Å². The van der Waals surface area contributed by atoms with E-state index in [1.165, 1.54) is 231 Å². The van der Waals surface area contributed by atoms with E-state index in [1.807, 2.05) is 0 Å². The smallest absolute Gasteiger partial charge is 0.462 e. The van der Waals surface area contributed by atoms with Gasteiger partial charge in [0.1, 0.15) is 0 Å². The molecule has 0 bridgehead atoms. The SMILES string of the molecule is C=C(C)C(=O)OCCCCCCCCCCCCCCCCCCOP(=O)(OCCCCCCCCCCCCCCCCCCOC(=O)C(=C)C)OCCCCCCCCCCCCCCCCCCOC(=O)C(=C)C. The van der Waals surface area contributed by atoms with Crippen molar-refractivity contribution in [1.29, 1.82) is 0 Å². The lowest BCUT2D eigenvalue weighted by molar-refractivity contribution is -0.139. The molecule has 0 saturated carbocycles. The van der Waals surface area contributed by atoms with E-state index in [-0.39, 0.29) is 17.9 Å². The van der Waals surface area contributed by atoms with Crippen molar-refractivity contribution in [3.63, 3.8) is 0 Å². The van der Waals surface area contributed by atoms with Crippen LogP contribution in [0.15, 0.2) is 36.5 Å². The van der Waals surface area contributed by atoms with Gasteiger partial charge in [0.15, 0.2) is 0 Å². The summed E-state index contributed by atoms with van der Waals surface area (Å²) in [5.41, 5.74) is 1.42. The molecule has 0 heterocycles. The molecule has 0 rings (SSSR count). The highest BCUT2D eigenvalue weighted by molar-refractivity contribution is 7.48. The Kier molecular flexibility index (Phi) is 56.7. The molecule has 0 aromatic heterocycles. The van der Waals surface area contributed by atoms with Gasteiger partial charge in [0.05, 0.1) is 39.6 Å². The van der Waals surface area contributed by atoms with Crippen molar-refractivity contribution in [3.05, 3.63) is 36.5 Å². The average molecular weight is 1110 g/mol. The summed E-state index contributed by atoms with van der Waals surface area (Å²) in [6, 6.07) is 0. The standard InChI is InChI=1S/C66H123O10P/c1-61(2)64(67)71-55-49-43-37-31-25-19-13-7-10-16-22-28-34-40-46-52-58-74-77(70,75-59-53-47-41-35-29-23-17-11-8-14-20-26-32-38-44-50-56-72-65(68)62(3)4)76-60-54-48-42-36-30-24-18-12-9-15-21-27-33-39-45-51-57-73-66(69)63(5)6/h1,3,5,7-60H2,2,4,6H3. The molecule has 77 heavy (non-hydrogen) atoms. The third-order valence-electron chi connectivity index (χ3n) is 14.6. The summed E-state index contributed by atoms with van der Waals surface area (Å²) in [4.78, 5) is 34.3. The van der Waals surface area contributed by atoms with Gasteiger partial charge in [-0.15, -0.1) is 0 Å². The molecule has 452 valence electrons. The second kappa shape index (κ2) is 58.4. The van der Waals surface area contributed by atoms with Gasteiger partial charge in [0.25, 0.3) is 0 Å². The second-order valence-electron chi connectivity index (χ2n) is 22.7. The summed E-state index contributed by atoms with van der Waals surface area (Å²) in [6.45, 7) is 18.7. The Morgan fingerprint density at radius 1 is 0.234 bits per heavy atom. The molecule has 0 fully saturated rings. The summed E-state index contributed by atoms with van der Waals surface area (Å²) in [7, 11) is -3.57. The van der Waals surface area contributed by atoms with Gasteiger partial charge in [-0.05, 0) is 59.3 Å². The fourth-order valence-electron chi connectivity index (χ4n) is 9.54. The fourth-order valence-corrected chi connectivity index (χ4v) is 10.8. The van der Waals surface area contributed by atoms with E-state index in [1.54, 1.807) is 20.8 Å². The minimum absolute atomic E-state index is 0.275. The van der Waals surface area contributed by atoms with E-state index in [0.717, 1.165) is 77.0 Å². The number of carbonyl (C=O) groups excluding carboxylic acids is 3. The number of phosphoric ester groups is 1. The molecule has 0 aliphatic carbocycles. The number of unbranched alkanes of at least 4 members (excludes halogenated alkanes) is 45. The van der Waals surface area contributed by atoms with Gasteiger partial charge in [0, 0.05) is 16.7 Å². The van der Waals surface area contributed by atoms with Crippen LogP contribution in [0.5, 0.6) is 0 Å². The number of ether oxygens (including phenoxy) is 3. The Labute approximate surface area is 475 Å². The first kappa shape index (κ1) is 74.7. The van der Waals surface area contributed by atoms with Crippen molar-refractivity contribution in [2.75, 3.05) is 39.6 Å². The molecular weight excluding hydrogens is 984 g/mol. The Hall–Kier alpha value is -2.26. The molecule has 0 saturated heterocycles. The molecule has 0 atom stereocenters. The van der Waals surface area contributed by atoms with Crippen molar-refractivity contribution >= 4 is 25.7 Å². The number of hydrogen-bond acceptors (Lipinski definition) is 10. The highest BCUT2D eigenvalue weighted by Crippen LogP contribution is 2.50. The molecule has 0 aromatic carbocycles.